The topological polar surface area (TPSA) is 69.6 Å². The molecule has 0 amide bonds. The van der Waals surface area contributed by atoms with Gasteiger partial charge in [0.05, 0.1) is 11.7 Å². The van der Waals surface area contributed by atoms with Crippen LogP contribution in [0.15, 0.2) is 30.5 Å². The first-order chi connectivity index (χ1) is 12.7. The van der Waals surface area contributed by atoms with Crippen LogP contribution in [0.4, 0.5) is 10.3 Å². The highest BCUT2D eigenvalue weighted by molar-refractivity contribution is 7.86. The van der Waals surface area contributed by atoms with Crippen LogP contribution in [0.2, 0.25) is 0 Å². The summed E-state index contributed by atoms with van der Waals surface area (Å²) in [5.41, 5.74) is 2.11. The molecule has 1 saturated heterocycles. The van der Waals surface area contributed by atoms with Crippen LogP contribution in [0, 0.1) is 5.82 Å². The van der Waals surface area contributed by atoms with Crippen molar-refractivity contribution in [2.75, 3.05) is 39.6 Å². The normalized spacial score (nSPS) is 18.2. The first-order valence-corrected chi connectivity index (χ1v) is 10.1. The lowest BCUT2D eigenvalue weighted by molar-refractivity contribution is 0.358. The minimum Gasteiger partial charge on any atom is -0.347 e. The molecule has 0 aliphatic carbocycles. The largest absolute Gasteiger partial charge is 0.347 e. The number of anilines is 1. The Hall–Kier alpha value is -2.10. The van der Waals surface area contributed by atoms with Crippen molar-refractivity contribution >= 4 is 16.2 Å². The van der Waals surface area contributed by atoms with Crippen molar-refractivity contribution in [1.82, 2.24) is 18.6 Å². The van der Waals surface area contributed by atoms with E-state index < -0.39 is 10.2 Å². The summed E-state index contributed by atoms with van der Waals surface area (Å²) in [5.74, 6) is 0.175. The fourth-order valence-corrected chi connectivity index (χ4v) is 4.51. The third-order valence-corrected chi connectivity index (χ3v) is 6.59. The van der Waals surface area contributed by atoms with Gasteiger partial charge in [0.25, 0.3) is 10.2 Å². The minimum atomic E-state index is -3.58. The molecule has 1 aromatic carbocycles. The molecule has 1 atom stereocenters. The summed E-state index contributed by atoms with van der Waals surface area (Å²) in [4.78, 5) is 10.8. The van der Waals surface area contributed by atoms with Crippen molar-refractivity contribution in [3.63, 3.8) is 0 Å². The number of nitrogens with zero attached hydrogens (tertiary/aromatic N) is 5. The van der Waals surface area contributed by atoms with Crippen LogP contribution >= 0.6 is 0 Å². The molecule has 3 rings (SSSR count). The van der Waals surface area contributed by atoms with Gasteiger partial charge in [0.2, 0.25) is 5.95 Å². The van der Waals surface area contributed by atoms with Gasteiger partial charge in [-0.3, -0.25) is 0 Å². The highest BCUT2D eigenvalue weighted by atomic mass is 32.2. The van der Waals surface area contributed by atoms with Crippen LogP contribution in [0.1, 0.15) is 24.6 Å². The van der Waals surface area contributed by atoms with Crippen LogP contribution in [-0.4, -0.2) is 61.7 Å². The zero-order valence-electron chi connectivity index (χ0n) is 15.9. The van der Waals surface area contributed by atoms with Gasteiger partial charge in [-0.1, -0.05) is 12.1 Å². The number of hydrogen-bond acceptors (Lipinski definition) is 5. The standard InChI is InChI=1S/C18H24FN5O2S/c1-22(2)18-20-12-15(13-7-9-14(19)10-8-13)17(21-18)16-6-5-11-24(16)27(25,26)23(3)4/h7-10,12,16H,5-6,11H2,1-4H3/t16-/m1/s1. The second-order valence-electron chi connectivity index (χ2n) is 6.93. The van der Waals surface area contributed by atoms with Crippen LogP contribution in [-0.2, 0) is 10.2 Å². The number of rotatable bonds is 5. The summed E-state index contributed by atoms with van der Waals surface area (Å²) in [5, 5.41) is 0. The van der Waals surface area contributed by atoms with Gasteiger partial charge in [-0.25, -0.2) is 14.4 Å². The monoisotopic (exact) mass is 393 g/mol. The van der Waals surface area contributed by atoms with E-state index in [4.69, 9.17) is 0 Å². The van der Waals surface area contributed by atoms with E-state index >= 15 is 0 Å². The predicted molar refractivity (Wildman–Crippen MR) is 103 cm³/mol. The van der Waals surface area contributed by atoms with E-state index in [1.165, 1.54) is 34.8 Å². The Bertz CT molecular complexity index is 916. The molecule has 9 heteroatoms. The fraction of sp³-hybridized carbons (Fsp3) is 0.444. The minimum absolute atomic E-state index is 0.330. The van der Waals surface area contributed by atoms with E-state index in [9.17, 15) is 12.8 Å². The molecule has 0 unspecified atom stereocenters. The van der Waals surface area contributed by atoms with E-state index in [1.807, 2.05) is 14.1 Å². The Kier molecular flexibility index (Phi) is 5.45. The molecule has 2 aromatic rings. The lowest BCUT2D eigenvalue weighted by Gasteiger charge is -2.28. The predicted octanol–water partition coefficient (Wildman–Crippen LogP) is 2.29. The van der Waals surface area contributed by atoms with E-state index in [-0.39, 0.29) is 11.9 Å². The van der Waals surface area contributed by atoms with E-state index in [1.54, 1.807) is 23.2 Å². The molecule has 146 valence electrons. The van der Waals surface area contributed by atoms with E-state index in [2.05, 4.69) is 9.97 Å². The lowest BCUT2D eigenvalue weighted by Crippen LogP contribution is -2.40. The summed E-state index contributed by atoms with van der Waals surface area (Å²) in [7, 11) is 3.14. The number of hydrogen-bond donors (Lipinski definition) is 0. The maximum absolute atomic E-state index is 13.4. The van der Waals surface area contributed by atoms with Crippen molar-refractivity contribution in [2.45, 2.75) is 18.9 Å². The third-order valence-electron chi connectivity index (χ3n) is 4.64. The molecular formula is C18H24FN5O2S. The van der Waals surface area contributed by atoms with Crippen molar-refractivity contribution < 1.29 is 12.8 Å². The average Bonchev–Trinajstić information content (AvgIpc) is 3.12. The van der Waals surface area contributed by atoms with Gasteiger partial charge >= 0.3 is 0 Å². The first-order valence-electron chi connectivity index (χ1n) is 8.71. The Morgan fingerprint density at radius 2 is 1.81 bits per heavy atom. The fourth-order valence-electron chi connectivity index (χ4n) is 3.21. The molecule has 1 fully saturated rings. The molecule has 27 heavy (non-hydrogen) atoms. The smallest absolute Gasteiger partial charge is 0.282 e. The van der Waals surface area contributed by atoms with Gasteiger partial charge < -0.3 is 4.90 Å². The van der Waals surface area contributed by atoms with Crippen molar-refractivity contribution in [1.29, 1.82) is 0 Å². The molecule has 0 spiro atoms. The zero-order chi connectivity index (χ0) is 19.8. The molecular weight excluding hydrogens is 369 g/mol. The van der Waals surface area contributed by atoms with E-state index in [0.29, 0.717) is 30.2 Å². The number of benzene rings is 1. The average molecular weight is 393 g/mol. The molecule has 1 aliphatic rings. The highest BCUT2D eigenvalue weighted by Gasteiger charge is 2.38. The molecule has 2 heterocycles. The number of aromatic nitrogens is 2. The maximum atomic E-state index is 13.4. The Balaban J connectivity index is 2.14. The van der Waals surface area contributed by atoms with Crippen molar-refractivity contribution in [2.24, 2.45) is 0 Å². The van der Waals surface area contributed by atoms with Gasteiger partial charge in [-0.2, -0.15) is 17.0 Å². The Morgan fingerprint density at radius 3 is 2.41 bits per heavy atom. The number of halogens is 1. The van der Waals surface area contributed by atoms with Crippen LogP contribution in [0.25, 0.3) is 11.1 Å². The Labute approximate surface area is 159 Å². The van der Waals surface area contributed by atoms with Crippen LogP contribution in [0.3, 0.4) is 0 Å². The summed E-state index contributed by atoms with van der Waals surface area (Å²) in [6, 6.07) is 5.68. The third kappa shape index (κ3) is 3.80. The molecule has 0 radical (unpaired) electrons. The zero-order valence-corrected chi connectivity index (χ0v) is 16.7. The second-order valence-corrected chi connectivity index (χ2v) is 9.02. The quantitative estimate of drug-likeness (QED) is 0.780. The van der Waals surface area contributed by atoms with Gasteiger partial charge in [-0.15, -0.1) is 0 Å². The summed E-state index contributed by atoms with van der Waals surface area (Å²) in [6.45, 7) is 0.440. The summed E-state index contributed by atoms with van der Waals surface area (Å²) >= 11 is 0. The summed E-state index contributed by atoms with van der Waals surface area (Å²) in [6.07, 6.45) is 3.11. The van der Waals surface area contributed by atoms with Crippen LogP contribution < -0.4 is 4.90 Å². The van der Waals surface area contributed by atoms with Gasteiger partial charge in [0.1, 0.15) is 5.82 Å². The van der Waals surface area contributed by atoms with Crippen molar-refractivity contribution in [3.05, 3.63) is 42.0 Å². The van der Waals surface area contributed by atoms with Gasteiger partial charge in [-0.05, 0) is 30.5 Å². The lowest BCUT2D eigenvalue weighted by atomic mass is 10.0. The molecule has 0 N–H and O–H groups in total. The van der Waals surface area contributed by atoms with Crippen LogP contribution in [0.5, 0.6) is 0 Å². The van der Waals surface area contributed by atoms with Crippen molar-refractivity contribution in [3.8, 4) is 11.1 Å². The first kappa shape index (κ1) is 19.7. The Morgan fingerprint density at radius 1 is 1.15 bits per heavy atom. The SMILES string of the molecule is CN(C)c1ncc(-c2ccc(F)cc2)c([C@H]2CCCN2S(=O)(=O)N(C)C)n1. The maximum Gasteiger partial charge on any atom is 0.282 e. The summed E-state index contributed by atoms with van der Waals surface area (Å²) < 4.78 is 41.6. The molecule has 1 aliphatic heterocycles. The van der Waals surface area contributed by atoms with Gasteiger partial charge in [0.15, 0.2) is 0 Å². The molecule has 0 bridgehead atoms. The highest BCUT2D eigenvalue weighted by Crippen LogP contribution is 2.39. The van der Waals surface area contributed by atoms with Gasteiger partial charge in [0, 0.05) is 46.5 Å². The van der Waals surface area contributed by atoms with E-state index in [0.717, 1.165) is 12.0 Å². The molecule has 1 aromatic heterocycles. The molecule has 0 saturated carbocycles. The second kappa shape index (κ2) is 7.49. The molecule has 7 nitrogen and oxygen atoms in total.